The second kappa shape index (κ2) is 7.74. The number of rotatable bonds is 4. The number of likely N-dealkylation sites (tertiary alicyclic amines) is 1. The summed E-state index contributed by atoms with van der Waals surface area (Å²) in [7, 11) is 0. The number of aromatic nitrogens is 1. The second-order valence-corrected chi connectivity index (χ2v) is 8.07. The van der Waals surface area contributed by atoms with E-state index in [1.54, 1.807) is 6.20 Å². The fraction of sp³-hybridized carbons (Fsp3) is 0.650. The third-order valence-electron chi connectivity index (χ3n) is 5.49. The molecule has 0 unspecified atom stereocenters. The van der Waals surface area contributed by atoms with Gasteiger partial charge in [0, 0.05) is 76.0 Å². The third kappa shape index (κ3) is 4.06. The van der Waals surface area contributed by atoms with E-state index >= 15 is 0 Å². The van der Waals surface area contributed by atoms with Crippen LogP contribution in [0.3, 0.4) is 0 Å². The zero-order valence-corrected chi connectivity index (χ0v) is 16.1. The highest BCUT2D eigenvalue weighted by Gasteiger charge is 2.46. The van der Waals surface area contributed by atoms with Gasteiger partial charge in [-0.25, -0.2) is 0 Å². The maximum atomic E-state index is 12.7. The zero-order valence-electron chi connectivity index (χ0n) is 16.1. The molecule has 0 saturated carbocycles. The van der Waals surface area contributed by atoms with Crippen LogP contribution in [0.2, 0.25) is 0 Å². The number of hydrogen-bond donors (Lipinski definition) is 0. The summed E-state index contributed by atoms with van der Waals surface area (Å²) < 4.78 is 0. The van der Waals surface area contributed by atoms with Gasteiger partial charge in [-0.2, -0.15) is 0 Å². The molecule has 2 aliphatic rings. The van der Waals surface area contributed by atoms with Crippen molar-refractivity contribution >= 4 is 11.8 Å². The highest BCUT2D eigenvalue weighted by atomic mass is 16.2. The molecule has 1 aromatic rings. The van der Waals surface area contributed by atoms with Gasteiger partial charge in [-0.1, -0.05) is 19.9 Å². The number of amides is 2. The van der Waals surface area contributed by atoms with E-state index in [0.717, 1.165) is 39.3 Å². The monoisotopic (exact) mass is 358 g/mol. The Morgan fingerprint density at radius 3 is 2.69 bits per heavy atom. The zero-order chi connectivity index (χ0) is 18.7. The van der Waals surface area contributed by atoms with E-state index in [1.807, 2.05) is 42.8 Å². The van der Waals surface area contributed by atoms with E-state index in [9.17, 15) is 9.59 Å². The molecule has 1 spiro atoms. The van der Waals surface area contributed by atoms with Crippen molar-refractivity contribution in [2.45, 2.75) is 33.7 Å². The summed E-state index contributed by atoms with van der Waals surface area (Å²) in [6.07, 6.45) is 4.21. The predicted molar refractivity (Wildman–Crippen MR) is 100 cm³/mol. The molecule has 0 aliphatic carbocycles. The van der Waals surface area contributed by atoms with Crippen molar-refractivity contribution in [3.05, 3.63) is 30.1 Å². The van der Waals surface area contributed by atoms with E-state index < -0.39 is 0 Å². The van der Waals surface area contributed by atoms with Crippen molar-refractivity contribution < 1.29 is 9.59 Å². The van der Waals surface area contributed by atoms with Crippen LogP contribution in [0.25, 0.3) is 0 Å². The molecule has 3 heterocycles. The molecule has 2 amide bonds. The lowest BCUT2D eigenvalue weighted by Crippen LogP contribution is -2.45. The summed E-state index contributed by atoms with van der Waals surface area (Å²) in [5.74, 6) is 0.388. The van der Waals surface area contributed by atoms with Crippen LogP contribution in [0.1, 0.15) is 32.8 Å². The van der Waals surface area contributed by atoms with Crippen LogP contribution >= 0.6 is 0 Å². The Morgan fingerprint density at radius 2 is 2.08 bits per heavy atom. The van der Waals surface area contributed by atoms with Gasteiger partial charge in [0.05, 0.1) is 0 Å². The quantitative estimate of drug-likeness (QED) is 0.821. The molecule has 6 nitrogen and oxygen atoms in total. The first kappa shape index (κ1) is 18.8. The lowest BCUT2D eigenvalue weighted by atomic mass is 9.85. The first-order valence-corrected chi connectivity index (χ1v) is 9.60. The van der Waals surface area contributed by atoms with Crippen LogP contribution in [-0.4, -0.2) is 70.8 Å². The standard InChI is InChI=1S/C20H30N4O2/c1-4-23-14-20(10-18(23)25)13-22(12-17-6-5-7-21-11-17)8-9-24(15-20)19(26)16(2)3/h5-7,11,16H,4,8-10,12-15H2,1-3H3/t20-/m1/s1. The summed E-state index contributed by atoms with van der Waals surface area (Å²) in [5.41, 5.74) is 0.999. The van der Waals surface area contributed by atoms with Gasteiger partial charge in [-0.05, 0) is 18.6 Å². The Balaban J connectivity index is 1.82. The fourth-order valence-corrected chi connectivity index (χ4v) is 4.27. The molecule has 6 heteroatoms. The van der Waals surface area contributed by atoms with E-state index in [1.165, 1.54) is 5.56 Å². The first-order chi connectivity index (χ1) is 12.4. The largest absolute Gasteiger partial charge is 0.342 e. The molecule has 0 aromatic carbocycles. The molecule has 0 N–H and O–H groups in total. The highest BCUT2D eigenvalue weighted by Crippen LogP contribution is 2.35. The molecule has 1 atom stereocenters. The summed E-state index contributed by atoms with van der Waals surface area (Å²) in [4.78, 5) is 35.7. The van der Waals surface area contributed by atoms with Crippen LogP contribution < -0.4 is 0 Å². The molecule has 2 fully saturated rings. The molecular weight excluding hydrogens is 328 g/mol. The molecule has 2 aliphatic heterocycles. The lowest BCUT2D eigenvalue weighted by Gasteiger charge is -2.34. The first-order valence-electron chi connectivity index (χ1n) is 9.60. The van der Waals surface area contributed by atoms with Crippen LogP contribution in [0.15, 0.2) is 24.5 Å². The van der Waals surface area contributed by atoms with Crippen molar-refractivity contribution in [3.8, 4) is 0 Å². The Hall–Kier alpha value is -1.95. The molecule has 142 valence electrons. The molecule has 3 rings (SSSR count). The van der Waals surface area contributed by atoms with Gasteiger partial charge in [0.15, 0.2) is 0 Å². The van der Waals surface area contributed by atoms with E-state index in [-0.39, 0.29) is 23.1 Å². The second-order valence-electron chi connectivity index (χ2n) is 8.07. The lowest BCUT2D eigenvalue weighted by molar-refractivity contribution is -0.135. The number of carbonyl (C=O) groups excluding carboxylic acids is 2. The predicted octanol–water partition coefficient (Wildman–Crippen LogP) is 1.62. The van der Waals surface area contributed by atoms with Crippen LogP contribution in [0.5, 0.6) is 0 Å². The topological polar surface area (TPSA) is 56.8 Å². The van der Waals surface area contributed by atoms with Gasteiger partial charge in [0.2, 0.25) is 11.8 Å². The summed E-state index contributed by atoms with van der Waals surface area (Å²) >= 11 is 0. The average molecular weight is 358 g/mol. The van der Waals surface area contributed by atoms with Gasteiger partial charge in [-0.15, -0.1) is 0 Å². The normalized spacial score (nSPS) is 24.5. The Labute approximate surface area is 156 Å². The molecule has 2 saturated heterocycles. The number of hydrogen-bond acceptors (Lipinski definition) is 4. The highest BCUT2D eigenvalue weighted by molar-refractivity contribution is 5.81. The fourth-order valence-electron chi connectivity index (χ4n) is 4.27. The summed E-state index contributed by atoms with van der Waals surface area (Å²) in [5, 5.41) is 0. The summed E-state index contributed by atoms with van der Waals surface area (Å²) in [6, 6.07) is 4.04. The molecule has 1 aromatic heterocycles. The maximum absolute atomic E-state index is 12.7. The number of nitrogens with zero attached hydrogens (tertiary/aromatic N) is 4. The molecule has 26 heavy (non-hydrogen) atoms. The van der Waals surface area contributed by atoms with Crippen molar-refractivity contribution in [1.82, 2.24) is 19.7 Å². The van der Waals surface area contributed by atoms with Crippen molar-refractivity contribution in [3.63, 3.8) is 0 Å². The van der Waals surface area contributed by atoms with Crippen molar-refractivity contribution in [1.29, 1.82) is 0 Å². The smallest absolute Gasteiger partial charge is 0.225 e. The van der Waals surface area contributed by atoms with E-state index in [2.05, 4.69) is 16.0 Å². The van der Waals surface area contributed by atoms with E-state index in [4.69, 9.17) is 0 Å². The minimum absolute atomic E-state index is 0.0173. The van der Waals surface area contributed by atoms with Gasteiger partial charge in [0.25, 0.3) is 0 Å². The van der Waals surface area contributed by atoms with Gasteiger partial charge < -0.3 is 9.80 Å². The molecular formula is C20H30N4O2. The minimum Gasteiger partial charge on any atom is -0.342 e. The maximum Gasteiger partial charge on any atom is 0.225 e. The van der Waals surface area contributed by atoms with Crippen LogP contribution in [0, 0.1) is 11.3 Å². The van der Waals surface area contributed by atoms with Gasteiger partial charge in [0.1, 0.15) is 0 Å². The van der Waals surface area contributed by atoms with Crippen LogP contribution in [-0.2, 0) is 16.1 Å². The Kier molecular flexibility index (Phi) is 5.61. The number of pyridine rings is 1. The van der Waals surface area contributed by atoms with Crippen molar-refractivity contribution in [2.75, 3.05) is 39.3 Å². The Morgan fingerprint density at radius 1 is 1.27 bits per heavy atom. The SMILES string of the molecule is CCN1C[C@@]2(CC1=O)CN(Cc1cccnc1)CCN(C(=O)C(C)C)C2. The van der Waals surface area contributed by atoms with Gasteiger partial charge >= 0.3 is 0 Å². The minimum atomic E-state index is -0.170. The van der Waals surface area contributed by atoms with Gasteiger partial charge in [-0.3, -0.25) is 19.5 Å². The molecule has 0 radical (unpaired) electrons. The third-order valence-corrected chi connectivity index (χ3v) is 5.49. The number of carbonyl (C=O) groups is 2. The van der Waals surface area contributed by atoms with Crippen molar-refractivity contribution in [2.24, 2.45) is 11.3 Å². The van der Waals surface area contributed by atoms with Crippen LogP contribution in [0.4, 0.5) is 0 Å². The average Bonchev–Trinajstić information content (AvgIpc) is 2.82. The molecule has 0 bridgehead atoms. The summed E-state index contributed by atoms with van der Waals surface area (Å²) in [6.45, 7) is 11.3. The van der Waals surface area contributed by atoms with E-state index in [0.29, 0.717) is 13.0 Å². The Bertz CT molecular complexity index is 648.